The fourth-order valence-corrected chi connectivity index (χ4v) is 7.36. The highest BCUT2D eigenvalue weighted by molar-refractivity contribution is 8.19. The third-order valence-corrected chi connectivity index (χ3v) is 8.61. The molecule has 0 radical (unpaired) electrons. The van der Waals surface area contributed by atoms with Crippen molar-refractivity contribution in [2.24, 2.45) is 0 Å². The summed E-state index contributed by atoms with van der Waals surface area (Å²) in [7, 11) is 0. The van der Waals surface area contributed by atoms with Gasteiger partial charge >= 0.3 is 0 Å². The van der Waals surface area contributed by atoms with Crippen LogP contribution in [0.2, 0.25) is 10.0 Å². The number of thioether (sulfide) groups is 2. The quantitative estimate of drug-likeness (QED) is 0.577. The van der Waals surface area contributed by atoms with Crippen molar-refractivity contribution in [2.45, 2.75) is 48.5 Å². The molecule has 2 aromatic rings. The predicted octanol–water partition coefficient (Wildman–Crippen LogP) is 6.17. The van der Waals surface area contributed by atoms with Crippen LogP contribution in [0.5, 0.6) is 0 Å². The van der Waals surface area contributed by atoms with Gasteiger partial charge in [-0.25, -0.2) is 4.98 Å². The van der Waals surface area contributed by atoms with Crippen molar-refractivity contribution in [3.63, 3.8) is 0 Å². The topological polar surface area (TPSA) is 17.8 Å². The summed E-state index contributed by atoms with van der Waals surface area (Å²) in [6.07, 6.45) is 10.5. The van der Waals surface area contributed by atoms with Gasteiger partial charge in [0.1, 0.15) is 0 Å². The highest BCUT2D eigenvalue weighted by Crippen LogP contribution is 2.50. The van der Waals surface area contributed by atoms with Crippen molar-refractivity contribution in [3.8, 4) is 0 Å². The Morgan fingerprint density at radius 2 is 2.25 bits per heavy atom. The Kier molecular flexibility index (Phi) is 6.47. The monoisotopic (exact) mass is 400 g/mol. The molecule has 0 bridgehead atoms. The third-order valence-electron chi connectivity index (χ3n) is 4.41. The summed E-state index contributed by atoms with van der Waals surface area (Å²) in [6, 6.07) is 5.84. The standard InChI is InChI=1S/C18H22Cl2N2S2/c1-2-16-6-10-23-18(24-16,12-22-9-8-21-13-22)7-5-14-3-4-15(19)11-17(14)20/h3-4,8-9,11,13,16H,2,5-7,10,12H2,1H3. The number of hydrogen-bond acceptors (Lipinski definition) is 3. The third kappa shape index (κ3) is 4.66. The summed E-state index contributed by atoms with van der Waals surface area (Å²) >= 11 is 16.7. The van der Waals surface area contributed by atoms with Crippen molar-refractivity contribution in [1.82, 2.24) is 9.55 Å². The van der Waals surface area contributed by atoms with Gasteiger partial charge in [-0.2, -0.15) is 0 Å². The van der Waals surface area contributed by atoms with Crippen LogP contribution in [0.3, 0.4) is 0 Å². The molecule has 1 aliphatic rings. The minimum atomic E-state index is 0.183. The van der Waals surface area contributed by atoms with Gasteiger partial charge in [0.2, 0.25) is 0 Å². The van der Waals surface area contributed by atoms with Gasteiger partial charge in [-0.15, -0.1) is 23.5 Å². The molecular formula is C18H22Cl2N2S2. The highest BCUT2D eigenvalue weighted by atomic mass is 35.5. The molecule has 2 heterocycles. The first-order valence-corrected chi connectivity index (χ1v) is 10.9. The molecule has 1 saturated heterocycles. The largest absolute Gasteiger partial charge is 0.335 e. The van der Waals surface area contributed by atoms with E-state index >= 15 is 0 Å². The minimum absolute atomic E-state index is 0.183. The summed E-state index contributed by atoms with van der Waals surface area (Å²) in [4.78, 5) is 4.21. The first kappa shape index (κ1) is 18.5. The lowest BCUT2D eigenvalue weighted by Gasteiger charge is -2.40. The van der Waals surface area contributed by atoms with Gasteiger partial charge in [0, 0.05) is 34.2 Å². The van der Waals surface area contributed by atoms with Crippen LogP contribution in [0.15, 0.2) is 36.9 Å². The molecule has 24 heavy (non-hydrogen) atoms. The molecule has 1 aromatic carbocycles. The van der Waals surface area contributed by atoms with Crippen LogP contribution in [-0.4, -0.2) is 24.6 Å². The van der Waals surface area contributed by atoms with Crippen LogP contribution in [0.1, 0.15) is 31.7 Å². The molecule has 2 atom stereocenters. The van der Waals surface area contributed by atoms with E-state index in [4.69, 9.17) is 23.2 Å². The molecule has 3 rings (SSSR count). The fourth-order valence-electron chi connectivity index (χ4n) is 3.06. The zero-order valence-corrected chi connectivity index (χ0v) is 16.9. The molecule has 0 spiro atoms. The van der Waals surface area contributed by atoms with Gasteiger partial charge in [-0.1, -0.05) is 36.2 Å². The molecule has 0 saturated carbocycles. The van der Waals surface area contributed by atoms with Crippen LogP contribution >= 0.6 is 46.7 Å². The van der Waals surface area contributed by atoms with Crippen LogP contribution < -0.4 is 0 Å². The molecule has 130 valence electrons. The van der Waals surface area contributed by atoms with Gasteiger partial charge in [0.05, 0.1) is 10.4 Å². The molecular weight excluding hydrogens is 379 g/mol. The van der Waals surface area contributed by atoms with Gasteiger partial charge in [-0.3, -0.25) is 0 Å². The predicted molar refractivity (Wildman–Crippen MR) is 108 cm³/mol. The number of rotatable bonds is 6. The second kappa shape index (κ2) is 8.39. The van der Waals surface area contributed by atoms with Gasteiger partial charge in [0.15, 0.2) is 0 Å². The smallest absolute Gasteiger partial charge is 0.0946 e. The van der Waals surface area contributed by atoms with Crippen molar-refractivity contribution < 1.29 is 0 Å². The van der Waals surface area contributed by atoms with E-state index in [0.29, 0.717) is 5.02 Å². The zero-order chi connectivity index (χ0) is 17.0. The Morgan fingerprint density at radius 1 is 1.38 bits per heavy atom. The Hall–Kier alpha value is -0.290. The number of hydrogen-bond donors (Lipinski definition) is 0. The van der Waals surface area contributed by atoms with E-state index in [1.165, 1.54) is 24.2 Å². The van der Waals surface area contributed by atoms with Gasteiger partial charge < -0.3 is 4.57 Å². The summed E-state index contributed by atoms with van der Waals surface area (Å²) in [5.41, 5.74) is 1.19. The van der Waals surface area contributed by atoms with E-state index < -0.39 is 0 Å². The average molecular weight is 401 g/mol. The lowest BCUT2D eigenvalue weighted by molar-refractivity contribution is 0.578. The number of nitrogens with zero attached hydrogens (tertiary/aromatic N) is 2. The molecule has 0 N–H and O–H groups in total. The molecule has 1 fully saturated rings. The highest BCUT2D eigenvalue weighted by Gasteiger charge is 2.37. The van der Waals surface area contributed by atoms with Crippen LogP contribution in [0.4, 0.5) is 0 Å². The zero-order valence-electron chi connectivity index (χ0n) is 13.8. The summed E-state index contributed by atoms with van der Waals surface area (Å²) in [6.45, 7) is 3.29. The lowest BCUT2D eigenvalue weighted by Crippen LogP contribution is -2.34. The summed E-state index contributed by atoms with van der Waals surface area (Å²) in [5, 5.41) is 2.22. The Balaban J connectivity index is 1.76. The van der Waals surface area contributed by atoms with Crippen molar-refractivity contribution >= 4 is 46.7 Å². The average Bonchev–Trinajstić information content (AvgIpc) is 3.07. The fraction of sp³-hybridized carbons (Fsp3) is 0.500. The van der Waals surface area contributed by atoms with E-state index in [-0.39, 0.29) is 4.08 Å². The SMILES string of the molecule is CCC1CCSC(CCc2ccc(Cl)cc2Cl)(Cn2ccnc2)S1. The number of aryl methyl sites for hydroxylation is 1. The second-order valence-corrected chi connectivity index (χ2v) is 10.4. The molecule has 2 nitrogen and oxygen atoms in total. The van der Waals surface area contributed by atoms with Crippen LogP contribution in [-0.2, 0) is 13.0 Å². The molecule has 0 amide bonds. The van der Waals surface area contributed by atoms with Crippen molar-refractivity contribution in [3.05, 3.63) is 52.5 Å². The van der Waals surface area contributed by atoms with E-state index in [1.807, 2.05) is 24.7 Å². The first-order valence-electron chi connectivity index (χ1n) is 8.32. The van der Waals surface area contributed by atoms with Crippen molar-refractivity contribution in [1.29, 1.82) is 0 Å². The number of imidazole rings is 1. The number of halogens is 2. The Bertz CT molecular complexity index is 663. The van der Waals surface area contributed by atoms with E-state index in [2.05, 4.69) is 52.3 Å². The Labute approximate surface area is 162 Å². The molecule has 6 heteroatoms. The lowest BCUT2D eigenvalue weighted by atomic mass is 10.1. The molecule has 0 aliphatic carbocycles. The van der Waals surface area contributed by atoms with Gasteiger partial charge in [0.25, 0.3) is 0 Å². The number of aromatic nitrogens is 2. The van der Waals surface area contributed by atoms with Crippen LogP contribution in [0.25, 0.3) is 0 Å². The van der Waals surface area contributed by atoms with Crippen molar-refractivity contribution in [2.75, 3.05) is 5.75 Å². The maximum absolute atomic E-state index is 6.38. The summed E-state index contributed by atoms with van der Waals surface area (Å²) < 4.78 is 2.39. The van der Waals surface area contributed by atoms with Crippen LogP contribution in [0, 0.1) is 0 Å². The maximum atomic E-state index is 6.38. The first-order chi connectivity index (χ1) is 11.6. The minimum Gasteiger partial charge on any atom is -0.335 e. The normalized spacial score (nSPS) is 24.2. The number of benzene rings is 1. The summed E-state index contributed by atoms with van der Waals surface area (Å²) in [5.74, 6) is 1.23. The Morgan fingerprint density at radius 3 is 2.96 bits per heavy atom. The molecule has 1 aromatic heterocycles. The maximum Gasteiger partial charge on any atom is 0.0946 e. The molecule has 2 unspecified atom stereocenters. The van der Waals surface area contributed by atoms with E-state index in [0.717, 1.165) is 29.7 Å². The van der Waals surface area contributed by atoms with Gasteiger partial charge in [-0.05, 0) is 49.1 Å². The van der Waals surface area contributed by atoms with E-state index in [9.17, 15) is 0 Å². The second-order valence-electron chi connectivity index (χ2n) is 6.17. The van der Waals surface area contributed by atoms with E-state index in [1.54, 1.807) is 0 Å². The molecule has 1 aliphatic heterocycles.